The van der Waals surface area contributed by atoms with E-state index in [-0.39, 0.29) is 10.8 Å². The largest absolute Gasteiger partial charge is 0.456 e. The van der Waals surface area contributed by atoms with Crippen molar-refractivity contribution in [2.45, 2.75) is 57.8 Å². The lowest BCUT2D eigenvalue weighted by atomic mass is 9.66. The molecule has 0 amide bonds. The second kappa shape index (κ2) is 10.8. The molecule has 0 N–H and O–H groups in total. The van der Waals surface area contributed by atoms with E-state index in [9.17, 15) is 0 Å². The molecular formula is C49H42O. The van der Waals surface area contributed by atoms with Gasteiger partial charge in [0.25, 0.3) is 0 Å². The van der Waals surface area contributed by atoms with Gasteiger partial charge in [-0.25, -0.2) is 0 Å². The van der Waals surface area contributed by atoms with Crippen LogP contribution in [0.2, 0.25) is 0 Å². The Kier molecular flexibility index (Phi) is 6.62. The van der Waals surface area contributed by atoms with Crippen molar-refractivity contribution in [1.82, 2.24) is 0 Å². The zero-order valence-electron chi connectivity index (χ0n) is 29.8. The topological polar surface area (TPSA) is 9.23 Å². The van der Waals surface area contributed by atoms with Gasteiger partial charge in [0.05, 0.1) is 5.41 Å². The molecule has 1 heteroatoms. The Balaban J connectivity index is 1.28. The Labute approximate surface area is 296 Å². The second-order valence-electron chi connectivity index (χ2n) is 16.2. The Hall–Kier alpha value is -5.40. The van der Waals surface area contributed by atoms with Crippen molar-refractivity contribution in [3.63, 3.8) is 0 Å². The minimum absolute atomic E-state index is 0.0692. The standard InChI is InChI=1S/C49H42O/c1-47(2,3)34-19-23-36(24-20-34)49(37-25-21-35(22-26-37)48(4,5)6)42-15-8-7-13-38(42)39-27-17-33(30-43(39)49)32-18-28-44-41(29-32)40-14-9-11-31-12-10-16-45(50-44)46(31)40/h7-30H,1-6H3. The summed E-state index contributed by atoms with van der Waals surface area (Å²) in [7, 11) is 0. The quantitative estimate of drug-likeness (QED) is 0.186. The van der Waals surface area contributed by atoms with Gasteiger partial charge < -0.3 is 4.74 Å². The van der Waals surface area contributed by atoms with Gasteiger partial charge in [0.1, 0.15) is 11.5 Å². The fraction of sp³-hybridized carbons (Fsp3) is 0.184. The Morgan fingerprint density at radius 1 is 0.420 bits per heavy atom. The average molecular weight is 647 g/mol. The minimum atomic E-state index is -0.476. The van der Waals surface area contributed by atoms with Crippen LogP contribution >= 0.6 is 0 Å². The van der Waals surface area contributed by atoms with Crippen LogP contribution in [-0.2, 0) is 16.2 Å². The molecule has 0 atom stereocenters. The molecule has 50 heavy (non-hydrogen) atoms. The van der Waals surface area contributed by atoms with Gasteiger partial charge in [0.2, 0.25) is 0 Å². The molecule has 7 aromatic carbocycles. The number of fused-ring (bicyclic) bond motifs is 5. The van der Waals surface area contributed by atoms with E-state index >= 15 is 0 Å². The molecule has 2 aliphatic rings. The molecule has 0 spiro atoms. The maximum atomic E-state index is 6.47. The highest BCUT2D eigenvalue weighted by Crippen LogP contribution is 2.57. The molecule has 9 rings (SSSR count). The molecule has 244 valence electrons. The van der Waals surface area contributed by atoms with E-state index in [1.54, 1.807) is 0 Å². The van der Waals surface area contributed by atoms with Gasteiger partial charge in [-0.3, -0.25) is 0 Å². The summed E-state index contributed by atoms with van der Waals surface area (Å²) in [6, 6.07) is 54.6. The predicted molar refractivity (Wildman–Crippen MR) is 210 cm³/mol. The van der Waals surface area contributed by atoms with Crippen molar-refractivity contribution < 1.29 is 4.74 Å². The monoisotopic (exact) mass is 646 g/mol. The molecule has 0 bridgehead atoms. The zero-order chi connectivity index (χ0) is 34.4. The highest BCUT2D eigenvalue weighted by Gasteiger charge is 2.46. The number of benzene rings is 7. The van der Waals surface area contributed by atoms with Crippen LogP contribution in [0.1, 0.15) is 74.9 Å². The van der Waals surface area contributed by atoms with E-state index in [1.807, 2.05) is 0 Å². The highest BCUT2D eigenvalue weighted by atomic mass is 16.5. The Bertz CT molecular complexity index is 2380. The summed E-state index contributed by atoms with van der Waals surface area (Å²) >= 11 is 0. The summed E-state index contributed by atoms with van der Waals surface area (Å²) < 4.78 is 6.47. The summed E-state index contributed by atoms with van der Waals surface area (Å²) in [5, 5.41) is 2.38. The smallest absolute Gasteiger partial charge is 0.135 e. The molecule has 0 aromatic heterocycles. The second-order valence-corrected chi connectivity index (χ2v) is 16.2. The zero-order valence-corrected chi connectivity index (χ0v) is 29.8. The van der Waals surface area contributed by atoms with E-state index in [0.717, 1.165) is 17.1 Å². The third-order valence-electron chi connectivity index (χ3n) is 11.1. The summed E-state index contributed by atoms with van der Waals surface area (Å²) in [6.45, 7) is 13.7. The van der Waals surface area contributed by atoms with Gasteiger partial charge >= 0.3 is 0 Å². The van der Waals surface area contributed by atoms with Crippen LogP contribution in [-0.4, -0.2) is 0 Å². The molecule has 1 aliphatic heterocycles. The lowest BCUT2D eigenvalue weighted by Gasteiger charge is -2.35. The molecule has 0 radical (unpaired) electrons. The van der Waals surface area contributed by atoms with Gasteiger partial charge in [-0.2, -0.15) is 0 Å². The van der Waals surface area contributed by atoms with Crippen molar-refractivity contribution in [3.05, 3.63) is 179 Å². The van der Waals surface area contributed by atoms with Gasteiger partial charge in [-0.05, 0) is 102 Å². The molecule has 0 fully saturated rings. The summed E-state index contributed by atoms with van der Waals surface area (Å²) in [6.07, 6.45) is 0. The van der Waals surface area contributed by atoms with E-state index in [2.05, 4.69) is 187 Å². The minimum Gasteiger partial charge on any atom is -0.456 e. The van der Waals surface area contributed by atoms with Crippen LogP contribution in [0.25, 0.3) is 44.2 Å². The van der Waals surface area contributed by atoms with Gasteiger partial charge in [0.15, 0.2) is 0 Å². The molecule has 1 aliphatic carbocycles. The first kappa shape index (κ1) is 30.6. The first-order valence-electron chi connectivity index (χ1n) is 17.8. The summed E-state index contributed by atoms with van der Waals surface area (Å²) in [4.78, 5) is 0. The molecule has 0 unspecified atom stereocenters. The van der Waals surface area contributed by atoms with E-state index in [1.165, 1.54) is 72.0 Å². The fourth-order valence-corrected chi connectivity index (χ4v) is 8.43. The molecule has 0 saturated carbocycles. The first-order valence-corrected chi connectivity index (χ1v) is 17.8. The fourth-order valence-electron chi connectivity index (χ4n) is 8.43. The van der Waals surface area contributed by atoms with Gasteiger partial charge in [-0.1, -0.05) is 163 Å². The average Bonchev–Trinajstić information content (AvgIpc) is 3.41. The first-order chi connectivity index (χ1) is 24.0. The lowest BCUT2D eigenvalue weighted by molar-refractivity contribution is 0.487. The van der Waals surface area contributed by atoms with Gasteiger partial charge in [0, 0.05) is 10.9 Å². The van der Waals surface area contributed by atoms with Crippen molar-refractivity contribution in [2.24, 2.45) is 0 Å². The van der Waals surface area contributed by atoms with Crippen molar-refractivity contribution in [2.75, 3.05) is 0 Å². The van der Waals surface area contributed by atoms with Crippen molar-refractivity contribution in [1.29, 1.82) is 0 Å². The predicted octanol–water partition coefficient (Wildman–Crippen LogP) is 13.2. The van der Waals surface area contributed by atoms with E-state index in [4.69, 9.17) is 4.74 Å². The molecule has 1 heterocycles. The van der Waals surface area contributed by atoms with E-state index < -0.39 is 5.41 Å². The van der Waals surface area contributed by atoms with Crippen LogP contribution in [0.4, 0.5) is 0 Å². The third-order valence-corrected chi connectivity index (χ3v) is 11.1. The maximum absolute atomic E-state index is 6.47. The normalized spacial score (nSPS) is 14.1. The summed E-state index contributed by atoms with van der Waals surface area (Å²) in [5.41, 5.74) is 14.9. The van der Waals surface area contributed by atoms with Crippen LogP contribution < -0.4 is 4.74 Å². The summed E-state index contributed by atoms with van der Waals surface area (Å²) in [5.74, 6) is 1.83. The Morgan fingerprint density at radius 3 is 1.64 bits per heavy atom. The van der Waals surface area contributed by atoms with Crippen molar-refractivity contribution >= 4 is 10.8 Å². The third kappa shape index (κ3) is 4.53. The number of rotatable bonds is 3. The van der Waals surface area contributed by atoms with Crippen LogP contribution in [0.15, 0.2) is 146 Å². The molecule has 7 aromatic rings. The number of hydrogen-bond acceptors (Lipinski definition) is 1. The van der Waals surface area contributed by atoms with Gasteiger partial charge in [-0.15, -0.1) is 0 Å². The Morgan fingerprint density at radius 2 is 0.980 bits per heavy atom. The highest BCUT2D eigenvalue weighted by molar-refractivity contribution is 6.04. The maximum Gasteiger partial charge on any atom is 0.135 e. The lowest BCUT2D eigenvalue weighted by Crippen LogP contribution is -2.29. The SMILES string of the molecule is CC(C)(C)c1ccc(C2(c3ccc(C(C)(C)C)cc3)c3ccccc3-c3ccc(-c4ccc5c(c4)-c4cccc6cccc(c46)O5)cc32)cc1. The molecular weight excluding hydrogens is 605 g/mol. The van der Waals surface area contributed by atoms with Crippen molar-refractivity contribution in [3.8, 4) is 44.9 Å². The van der Waals surface area contributed by atoms with Crippen LogP contribution in [0.5, 0.6) is 11.5 Å². The molecule has 0 saturated heterocycles. The molecule has 1 nitrogen and oxygen atoms in total. The van der Waals surface area contributed by atoms with E-state index in [0.29, 0.717) is 0 Å². The number of hydrogen-bond donors (Lipinski definition) is 0. The number of ether oxygens (including phenoxy) is 1. The van der Waals surface area contributed by atoms with Crippen LogP contribution in [0.3, 0.4) is 0 Å². The van der Waals surface area contributed by atoms with Crippen LogP contribution in [0, 0.1) is 0 Å².